The zero-order valence-corrected chi connectivity index (χ0v) is 17.5. The van der Waals surface area contributed by atoms with Gasteiger partial charge in [-0.1, -0.05) is 0 Å². The molecule has 0 atom stereocenters. The molecule has 0 bridgehead atoms. The molecule has 0 saturated carbocycles. The molecule has 0 unspecified atom stereocenters. The minimum Gasteiger partial charge on any atom is -0.497 e. The van der Waals surface area contributed by atoms with E-state index in [0.29, 0.717) is 35.0 Å². The summed E-state index contributed by atoms with van der Waals surface area (Å²) in [4.78, 5) is 12.6. The Morgan fingerprint density at radius 2 is 1.56 bits per heavy atom. The average Bonchev–Trinajstić information content (AvgIpc) is 2.78. The van der Waals surface area contributed by atoms with Crippen LogP contribution in [-0.2, 0) is 12.8 Å². The molecule has 3 rings (SSSR count). The summed E-state index contributed by atoms with van der Waals surface area (Å²) < 4.78 is 54.7. The summed E-state index contributed by atoms with van der Waals surface area (Å²) in [6.07, 6.45) is -4.43. The van der Waals surface area contributed by atoms with E-state index in [9.17, 15) is 18.0 Å². The first kappa shape index (κ1) is 23.0. The van der Waals surface area contributed by atoms with E-state index in [1.807, 2.05) is 6.92 Å². The van der Waals surface area contributed by atoms with Crippen LogP contribution in [-0.4, -0.2) is 19.6 Å². The lowest BCUT2D eigenvalue weighted by molar-refractivity contribution is -0.137. The van der Waals surface area contributed by atoms with Crippen LogP contribution in [0.1, 0.15) is 28.4 Å². The number of ether oxygens (including phenoxy) is 3. The Hall–Kier alpha value is -3.68. The molecule has 0 radical (unpaired) electrons. The Balaban J connectivity index is 1.74. The van der Waals surface area contributed by atoms with Gasteiger partial charge in [-0.3, -0.25) is 4.79 Å². The van der Waals surface area contributed by atoms with Crippen molar-refractivity contribution in [3.05, 3.63) is 83.4 Å². The number of benzene rings is 3. The van der Waals surface area contributed by atoms with Crippen LogP contribution in [0.4, 0.5) is 18.9 Å². The molecule has 0 aliphatic carbocycles. The lowest BCUT2D eigenvalue weighted by atomic mass is 10.1. The summed E-state index contributed by atoms with van der Waals surface area (Å²) >= 11 is 0. The van der Waals surface area contributed by atoms with Crippen molar-refractivity contribution in [2.24, 2.45) is 0 Å². The fourth-order valence-electron chi connectivity index (χ4n) is 2.91. The van der Waals surface area contributed by atoms with Gasteiger partial charge in [-0.15, -0.1) is 0 Å². The molecule has 0 aliphatic heterocycles. The van der Waals surface area contributed by atoms with Gasteiger partial charge in [0, 0.05) is 16.8 Å². The van der Waals surface area contributed by atoms with Crippen LogP contribution in [0.5, 0.6) is 17.2 Å². The molecule has 0 saturated heterocycles. The van der Waals surface area contributed by atoms with Crippen molar-refractivity contribution >= 4 is 11.6 Å². The van der Waals surface area contributed by atoms with Crippen LogP contribution in [0.3, 0.4) is 0 Å². The fourth-order valence-corrected chi connectivity index (χ4v) is 2.91. The van der Waals surface area contributed by atoms with Crippen molar-refractivity contribution in [3.63, 3.8) is 0 Å². The maximum absolute atomic E-state index is 12.7. The Morgan fingerprint density at radius 3 is 2.16 bits per heavy atom. The third-order valence-corrected chi connectivity index (χ3v) is 4.55. The quantitative estimate of drug-likeness (QED) is 0.466. The summed E-state index contributed by atoms with van der Waals surface area (Å²) in [7, 11) is 1.57. The first-order valence-electron chi connectivity index (χ1n) is 9.81. The number of alkyl halides is 3. The molecular formula is C24H22F3NO4. The topological polar surface area (TPSA) is 56.8 Å². The van der Waals surface area contributed by atoms with Gasteiger partial charge >= 0.3 is 6.18 Å². The lowest BCUT2D eigenvalue weighted by Crippen LogP contribution is -2.13. The van der Waals surface area contributed by atoms with Gasteiger partial charge in [-0.05, 0) is 73.7 Å². The van der Waals surface area contributed by atoms with E-state index in [1.165, 1.54) is 12.1 Å². The number of methoxy groups -OCH3 is 1. The lowest BCUT2D eigenvalue weighted by Gasteiger charge is -2.14. The average molecular weight is 445 g/mol. The summed E-state index contributed by atoms with van der Waals surface area (Å²) in [6, 6.07) is 16.2. The van der Waals surface area contributed by atoms with Crippen LogP contribution < -0.4 is 19.5 Å². The number of carbonyl (C=O) groups is 1. The second-order valence-corrected chi connectivity index (χ2v) is 6.75. The van der Waals surface area contributed by atoms with Crippen molar-refractivity contribution in [1.29, 1.82) is 0 Å². The molecule has 0 aliphatic rings. The highest BCUT2D eigenvalue weighted by atomic mass is 19.4. The number of rotatable bonds is 8. The Labute approximate surface area is 183 Å². The smallest absolute Gasteiger partial charge is 0.416 e. The highest BCUT2D eigenvalue weighted by molar-refractivity contribution is 6.04. The van der Waals surface area contributed by atoms with Crippen LogP contribution >= 0.6 is 0 Å². The van der Waals surface area contributed by atoms with Crippen LogP contribution in [0.2, 0.25) is 0 Å². The van der Waals surface area contributed by atoms with Crippen LogP contribution in [0.15, 0.2) is 66.7 Å². The first-order valence-corrected chi connectivity index (χ1v) is 9.81. The molecule has 5 nitrogen and oxygen atoms in total. The van der Waals surface area contributed by atoms with E-state index in [0.717, 1.165) is 12.1 Å². The summed E-state index contributed by atoms with van der Waals surface area (Å²) in [6.45, 7) is 2.44. The number of amides is 1. The van der Waals surface area contributed by atoms with Crippen molar-refractivity contribution in [1.82, 2.24) is 0 Å². The zero-order chi connectivity index (χ0) is 23.1. The number of anilines is 1. The monoisotopic (exact) mass is 445 g/mol. The van der Waals surface area contributed by atoms with E-state index >= 15 is 0 Å². The molecular weight excluding hydrogens is 423 g/mol. The largest absolute Gasteiger partial charge is 0.497 e. The van der Waals surface area contributed by atoms with E-state index in [2.05, 4.69) is 5.32 Å². The molecule has 1 N–H and O–H groups in total. The van der Waals surface area contributed by atoms with Crippen LogP contribution in [0, 0.1) is 0 Å². The normalized spacial score (nSPS) is 11.0. The number of hydrogen-bond acceptors (Lipinski definition) is 4. The van der Waals surface area contributed by atoms with Gasteiger partial charge in [0.25, 0.3) is 5.91 Å². The molecule has 168 valence electrons. The third kappa shape index (κ3) is 5.94. The zero-order valence-electron chi connectivity index (χ0n) is 17.5. The second kappa shape index (κ2) is 10.1. The number of halogens is 3. The molecule has 3 aromatic carbocycles. The maximum atomic E-state index is 12.7. The Kier molecular flexibility index (Phi) is 7.25. The van der Waals surface area contributed by atoms with E-state index in [4.69, 9.17) is 14.2 Å². The molecule has 1 amide bonds. The van der Waals surface area contributed by atoms with Gasteiger partial charge in [-0.25, -0.2) is 0 Å². The Bertz CT molecular complexity index is 1050. The molecule has 0 heterocycles. The predicted octanol–water partition coefficient (Wildman–Crippen LogP) is 5.94. The highest BCUT2D eigenvalue weighted by Crippen LogP contribution is 2.30. The molecule has 8 heteroatoms. The van der Waals surface area contributed by atoms with Gasteiger partial charge in [-0.2, -0.15) is 13.2 Å². The SMILES string of the molecule is CCOc1ccc(C(=O)Nc2ccc(C(F)(F)F)cc2)cc1COc1ccc(OC)cc1. The number of hydrogen-bond donors (Lipinski definition) is 1. The number of carbonyl (C=O) groups excluding carboxylic acids is 1. The van der Waals surface area contributed by atoms with E-state index in [1.54, 1.807) is 49.6 Å². The molecule has 0 spiro atoms. The highest BCUT2D eigenvalue weighted by Gasteiger charge is 2.30. The maximum Gasteiger partial charge on any atom is 0.416 e. The fraction of sp³-hybridized carbons (Fsp3) is 0.208. The standard InChI is InChI=1S/C24H22F3NO4/c1-3-31-22-13-4-16(14-17(22)15-32-21-11-9-20(30-2)10-12-21)23(29)28-19-7-5-18(6-8-19)24(25,26)27/h4-14H,3,15H2,1-2H3,(H,28,29). The van der Waals surface area contributed by atoms with Crippen molar-refractivity contribution in [2.75, 3.05) is 19.0 Å². The van der Waals surface area contributed by atoms with Crippen LogP contribution in [0.25, 0.3) is 0 Å². The van der Waals surface area contributed by atoms with Crippen molar-refractivity contribution in [2.45, 2.75) is 19.7 Å². The predicted molar refractivity (Wildman–Crippen MR) is 114 cm³/mol. The summed E-state index contributed by atoms with van der Waals surface area (Å²) in [5.41, 5.74) is 0.451. The minimum absolute atomic E-state index is 0.156. The van der Waals surface area contributed by atoms with Gasteiger partial charge in [0.2, 0.25) is 0 Å². The molecule has 32 heavy (non-hydrogen) atoms. The van der Waals surface area contributed by atoms with Gasteiger partial charge in [0.05, 0.1) is 19.3 Å². The molecule has 3 aromatic rings. The Morgan fingerprint density at radius 1 is 0.906 bits per heavy atom. The van der Waals surface area contributed by atoms with Gasteiger partial charge in [0.1, 0.15) is 23.9 Å². The number of nitrogens with one attached hydrogen (secondary N) is 1. The molecule has 0 fully saturated rings. The minimum atomic E-state index is -4.43. The van der Waals surface area contributed by atoms with Gasteiger partial charge in [0.15, 0.2) is 0 Å². The van der Waals surface area contributed by atoms with E-state index in [-0.39, 0.29) is 12.3 Å². The second-order valence-electron chi connectivity index (χ2n) is 6.75. The van der Waals surface area contributed by atoms with Crippen molar-refractivity contribution < 1.29 is 32.2 Å². The first-order chi connectivity index (χ1) is 15.3. The van der Waals surface area contributed by atoms with E-state index < -0.39 is 17.6 Å². The summed E-state index contributed by atoms with van der Waals surface area (Å²) in [5, 5.41) is 2.60. The van der Waals surface area contributed by atoms with Gasteiger partial charge < -0.3 is 19.5 Å². The summed E-state index contributed by atoms with van der Waals surface area (Å²) in [5.74, 6) is 1.44. The molecule has 0 aromatic heterocycles. The van der Waals surface area contributed by atoms with Crippen molar-refractivity contribution in [3.8, 4) is 17.2 Å². The third-order valence-electron chi connectivity index (χ3n) is 4.55.